The van der Waals surface area contributed by atoms with Crippen molar-refractivity contribution in [1.82, 2.24) is 4.57 Å². The maximum atomic E-state index is 3.53. The van der Waals surface area contributed by atoms with E-state index in [0.29, 0.717) is 5.16 Å². The number of hydrogen-bond donors (Lipinski definition) is 0. The highest BCUT2D eigenvalue weighted by atomic mass is 79.9. The van der Waals surface area contributed by atoms with Crippen molar-refractivity contribution in [2.45, 2.75) is 44.2 Å². The Morgan fingerprint density at radius 3 is 2.46 bits per heavy atom. The van der Waals surface area contributed by atoms with Gasteiger partial charge in [-0.1, -0.05) is 48.5 Å². The first-order valence-corrected chi connectivity index (χ1v) is 11.2. The molecule has 1 nitrogen and oxygen atoms in total. The number of alkyl halides is 1. The van der Waals surface area contributed by atoms with E-state index in [1.807, 2.05) is 0 Å². The molecule has 0 saturated carbocycles. The molecule has 0 aromatic heterocycles. The van der Waals surface area contributed by atoms with Crippen LogP contribution >= 0.6 is 15.9 Å². The van der Waals surface area contributed by atoms with Crippen LogP contribution in [0.15, 0.2) is 0 Å². The van der Waals surface area contributed by atoms with E-state index in [4.69, 9.17) is 0 Å². The SMILES string of the molecule is CC1(C)[SiH2]C[Si](C)(C)N1CCCBr. The van der Waals surface area contributed by atoms with Crippen LogP contribution in [0.1, 0.15) is 20.3 Å². The fourth-order valence-corrected chi connectivity index (χ4v) is 13.2. The van der Waals surface area contributed by atoms with Gasteiger partial charge in [0, 0.05) is 14.8 Å². The summed E-state index contributed by atoms with van der Waals surface area (Å²) in [5.41, 5.74) is 1.61. The zero-order valence-electron chi connectivity index (χ0n) is 9.36. The van der Waals surface area contributed by atoms with Crippen molar-refractivity contribution in [1.29, 1.82) is 0 Å². The van der Waals surface area contributed by atoms with Crippen LogP contribution in [0.25, 0.3) is 0 Å². The van der Waals surface area contributed by atoms with Gasteiger partial charge in [0.2, 0.25) is 0 Å². The molecule has 4 heteroatoms. The van der Waals surface area contributed by atoms with Crippen molar-refractivity contribution in [2.24, 2.45) is 0 Å². The van der Waals surface area contributed by atoms with Crippen LogP contribution < -0.4 is 0 Å². The van der Waals surface area contributed by atoms with Crippen LogP contribution in [-0.2, 0) is 0 Å². The molecular formula is C9H22BrNSi2. The monoisotopic (exact) mass is 279 g/mol. The summed E-state index contributed by atoms with van der Waals surface area (Å²) < 4.78 is 2.87. The standard InChI is InChI=1S/C9H22BrNSi2/c1-9(2)11(7-5-6-10)13(3,4)8-12-9/h5-8,12H2,1-4H3. The summed E-state index contributed by atoms with van der Waals surface area (Å²) >= 11 is 3.53. The second kappa shape index (κ2) is 4.17. The van der Waals surface area contributed by atoms with Gasteiger partial charge in [0.1, 0.15) is 8.24 Å². The molecule has 0 amide bonds. The van der Waals surface area contributed by atoms with Gasteiger partial charge in [-0.2, -0.15) is 0 Å². The molecule has 0 unspecified atom stereocenters. The van der Waals surface area contributed by atoms with Crippen molar-refractivity contribution >= 4 is 33.7 Å². The summed E-state index contributed by atoms with van der Waals surface area (Å²) in [6.07, 6.45) is 1.31. The Balaban J connectivity index is 2.64. The van der Waals surface area contributed by atoms with Crippen LogP contribution in [0.4, 0.5) is 0 Å². The molecule has 1 aliphatic heterocycles. The van der Waals surface area contributed by atoms with Crippen molar-refractivity contribution < 1.29 is 0 Å². The fraction of sp³-hybridized carbons (Fsp3) is 1.00. The largest absolute Gasteiger partial charge is 0.322 e. The van der Waals surface area contributed by atoms with E-state index in [9.17, 15) is 0 Å². The van der Waals surface area contributed by atoms with Crippen LogP contribution in [0, 0.1) is 0 Å². The maximum Gasteiger partial charge on any atom is 0.119 e. The van der Waals surface area contributed by atoms with Crippen LogP contribution in [0.5, 0.6) is 0 Å². The van der Waals surface area contributed by atoms with E-state index in [1.54, 1.807) is 5.67 Å². The predicted octanol–water partition coefficient (Wildman–Crippen LogP) is 2.15. The van der Waals surface area contributed by atoms with E-state index in [-0.39, 0.29) is 9.52 Å². The molecule has 0 aromatic rings. The van der Waals surface area contributed by atoms with Gasteiger partial charge in [-0.15, -0.1) is 0 Å². The van der Waals surface area contributed by atoms with Crippen molar-refractivity contribution in [3.63, 3.8) is 0 Å². The molecule has 0 aromatic carbocycles. The summed E-state index contributed by atoms with van der Waals surface area (Å²) in [5.74, 6) is 0. The topological polar surface area (TPSA) is 3.24 Å². The molecule has 1 rings (SSSR count). The lowest BCUT2D eigenvalue weighted by atomic mass is 10.3. The zero-order chi connectivity index (χ0) is 10.1. The first-order chi connectivity index (χ1) is 5.90. The van der Waals surface area contributed by atoms with Gasteiger partial charge in [0.05, 0.1) is 0 Å². The first kappa shape index (κ1) is 11.9. The van der Waals surface area contributed by atoms with E-state index in [0.717, 1.165) is 5.33 Å². The minimum Gasteiger partial charge on any atom is -0.322 e. The molecule has 1 fully saturated rings. The Labute approximate surface area is 94.3 Å². The van der Waals surface area contributed by atoms with Gasteiger partial charge in [0.25, 0.3) is 0 Å². The Hall–Kier alpha value is 0.874. The average Bonchev–Trinajstić information content (AvgIpc) is 2.20. The third-order valence-electron chi connectivity index (χ3n) is 3.33. The molecule has 0 bridgehead atoms. The molecule has 1 aliphatic rings. The van der Waals surface area contributed by atoms with Gasteiger partial charge in [-0.05, 0) is 18.1 Å². The lowest BCUT2D eigenvalue weighted by Gasteiger charge is -2.40. The number of nitrogens with zero attached hydrogens (tertiary/aromatic N) is 1. The van der Waals surface area contributed by atoms with E-state index in [1.165, 1.54) is 13.0 Å². The van der Waals surface area contributed by atoms with Crippen LogP contribution in [0.2, 0.25) is 18.8 Å². The number of rotatable bonds is 3. The van der Waals surface area contributed by atoms with Crippen molar-refractivity contribution in [2.75, 3.05) is 11.9 Å². The molecule has 0 N–H and O–H groups in total. The number of hydrogen-bond acceptors (Lipinski definition) is 1. The normalized spacial score (nSPS) is 28.4. The quantitative estimate of drug-likeness (QED) is 0.565. The van der Waals surface area contributed by atoms with Crippen LogP contribution in [0.3, 0.4) is 0 Å². The highest BCUT2D eigenvalue weighted by Crippen LogP contribution is 2.32. The molecule has 0 atom stereocenters. The van der Waals surface area contributed by atoms with Gasteiger partial charge in [-0.25, -0.2) is 0 Å². The molecule has 0 radical (unpaired) electrons. The van der Waals surface area contributed by atoms with Gasteiger partial charge < -0.3 is 4.57 Å². The van der Waals surface area contributed by atoms with E-state index >= 15 is 0 Å². The summed E-state index contributed by atoms with van der Waals surface area (Å²) in [6, 6.07) is 0. The Morgan fingerprint density at radius 1 is 1.46 bits per heavy atom. The second-order valence-electron chi connectivity index (χ2n) is 5.32. The Kier molecular flexibility index (Phi) is 3.83. The van der Waals surface area contributed by atoms with Gasteiger partial charge in [-0.3, -0.25) is 0 Å². The summed E-state index contributed by atoms with van der Waals surface area (Å²) in [7, 11) is -0.804. The lowest BCUT2D eigenvalue weighted by Crippen LogP contribution is -2.52. The molecule has 13 heavy (non-hydrogen) atoms. The molecular weight excluding hydrogens is 258 g/mol. The molecule has 0 aliphatic carbocycles. The summed E-state index contributed by atoms with van der Waals surface area (Å²) in [5, 5.41) is 1.77. The van der Waals surface area contributed by atoms with Crippen molar-refractivity contribution in [3.05, 3.63) is 0 Å². The minimum atomic E-state index is -0.968. The first-order valence-electron chi connectivity index (χ1n) is 5.24. The van der Waals surface area contributed by atoms with Gasteiger partial charge >= 0.3 is 0 Å². The molecule has 0 spiro atoms. The maximum absolute atomic E-state index is 3.53. The average molecular weight is 280 g/mol. The third-order valence-corrected chi connectivity index (χ3v) is 14.0. The molecule has 78 valence electrons. The minimum absolute atomic E-state index is 0.164. The molecule has 1 heterocycles. The fourth-order valence-electron chi connectivity index (χ4n) is 2.52. The van der Waals surface area contributed by atoms with Crippen LogP contribution in [-0.4, -0.2) is 39.4 Å². The Bertz CT molecular complexity index is 166. The third kappa shape index (κ3) is 2.67. The van der Waals surface area contributed by atoms with Crippen molar-refractivity contribution in [3.8, 4) is 0 Å². The second-order valence-corrected chi connectivity index (χ2v) is 14.5. The summed E-state index contributed by atoms with van der Waals surface area (Å²) in [6.45, 7) is 11.3. The van der Waals surface area contributed by atoms with E-state index < -0.39 is 8.24 Å². The zero-order valence-corrected chi connectivity index (χ0v) is 13.4. The van der Waals surface area contributed by atoms with E-state index in [2.05, 4.69) is 47.4 Å². The smallest absolute Gasteiger partial charge is 0.119 e. The summed E-state index contributed by atoms with van der Waals surface area (Å²) in [4.78, 5) is 0. The molecule has 1 saturated heterocycles. The highest BCUT2D eigenvalue weighted by molar-refractivity contribution is 9.09. The van der Waals surface area contributed by atoms with Gasteiger partial charge in [0.15, 0.2) is 0 Å². The highest BCUT2D eigenvalue weighted by Gasteiger charge is 2.45. The predicted molar refractivity (Wildman–Crippen MR) is 70.0 cm³/mol. The number of halogens is 1. The lowest BCUT2D eigenvalue weighted by molar-refractivity contribution is 0.321. The Morgan fingerprint density at radius 2 is 2.08 bits per heavy atom.